The second-order valence-corrected chi connectivity index (χ2v) is 4.69. The predicted octanol–water partition coefficient (Wildman–Crippen LogP) is 3.66. The fourth-order valence-electron chi connectivity index (χ4n) is 2.14. The van der Waals surface area contributed by atoms with Crippen molar-refractivity contribution in [2.75, 3.05) is 0 Å². The van der Waals surface area contributed by atoms with E-state index < -0.39 is 0 Å². The van der Waals surface area contributed by atoms with Crippen LogP contribution in [0.2, 0.25) is 0 Å². The second kappa shape index (κ2) is 4.65. The number of para-hydroxylation sites is 2. The van der Waals surface area contributed by atoms with Gasteiger partial charge in [0.2, 0.25) is 0 Å². The first kappa shape index (κ1) is 11.0. The monoisotopic (exact) mass is 236 g/mol. The van der Waals surface area contributed by atoms with Gasteiger partial charge >= 0.3 is 0 Å². The summed E-state index contributed by atoms with van der Waals surface area (Å²) in [6, 6.07) is 16.9. The van der Waals surface area contributed by atoms with Crippen molar-refractivity contribution in [3.63, 3.8) is 0 Å². The number of aromatic amines is 1. The molecule has 2 heteroatoms. The van der Waals surface area contributed by atoms with Gasteiger partial charge in [-0.05, 0) is 31.0 Å². The number of rotatable bonds is 3. The van der Waals surface area contributed by atoms with E-state index in [2.05, 4.69) is 47.2 Å². The lowest BCUT2D eigenvalue weighted by atomic mass is 10.1. The number of imidazole rings is 1. The number of aryl methyl sites for hydroxylation is 3. The fourth-order valence-corrected chi connectivity index (χ4v) is 2.14. The molecule has 2 nitrogen and oxygen atoms in total. The molecule has 3 rings (SSSR count). The molecule has 0 bridgehead atoms. The molecule has 1 heterocycles. The molecule has 1 aromatic heterocycles. The van der Waals surface area contributed by atoms with Gasteiger partial charge < -0.3 is 4.98 Å². The van der Waals surface area contributed by atoms with Crippen molar-refractivity contribution < 1.29 is 0 Å². The molecule has 0 spiro atoms. The lowest BCUT2D eigenvalue weighted by molar-refractivity contribution is 0.889. The normalized spacial score (nSPS) is 10.9. The Morgan fingerprint density at radius 2 is 1.72 bits per heavy atom. The van der Waals surface area contributed by atoms with E-state index in [0.717, 1.165) is 29.7 Å². The third-order valence-electron chi connectivity index (χ3n) is 3.21. The number of nitrogens with zero attached hydrogens (tertiary/aromatic N) is 1. The number of benzene rings is 2. The summed E-state index contributed by atoms with van der Waals surface area (Å²) in [6.45, 7) is 2.11. The van der Waals surface area contributed by atoms with Crippen LogP contribution in [0.15, 0.2) is 48.5 Å². The maximum Gasteiger partial charge on any atom is 0.107 e. The van der Waals surface area contributed by atoms with Gasteiger partial charge in [0.25, 0.3) is 0 Å². The number of fused-ring (bicyclic) bond motifs is 1. The van der Waals surface area contributed by atoms with E-state index in [1.165, 1.54) is 11.1 Å². The van der Waals surface area contributed by atoms with Crippen molar-refractivity contribution in [2.45, 2.75) is 19.8 Å². The summed E-state index contributed by atoms with van der Waals surface area (Å²) in [4.78, 5) is 7.96. The zero-order valence-electron chi connectivity index (χ0n) is 10.5. The Hall–Kier alpha value is -2.09. The molecule has 0 unspecified atom stereocenters. The first-order chi connectivity index (χ1) is 8.81. The van der Waals surface area contributed by atoms with Crippen molar-refractivity contribution >= 4 is 11.0 Å². The number of hydrogen-bond acceptors (Lipinski definition) is 1. The van der Waals surface area contributed by atoms with Gasteiger partial charge in [-0.3, -0.25) is 0 Å². The van der Waals surface area contributed by atoms with Crippen LogP contribution in [0, 0.1) is 6.92 Å². The minimum Gasteiger partial charge on any atom is -0.342 e. The minimum atomic E-state index is 0.956. The van der Waals surface area contributed by atoms with Crippen molar-refractivity contribution in [1.82, 2.24) is 9.97 Å². The van der Waals surface area contributed by atoms with Crippen LogP contribution in [0.3, 0.4) is 0 Å². The molecule has 1 N–H and O–H groups in total. The maximum atomic E-state index is 4.59. The van der Waals surface area contributed by atoms with Crippen LogP contribution in [0.5, 0.6) is 0 Å². The summed E-state index contributed by atoms with van der Waals surface area (Å²) in [7, 11) is 0. The molecule has 3 aromatic rings. The highest BCUT2D eigenvalue weighted by Crippen LogP contribution is 2.12. The molecule has 0 atom stereocenters. The number of hydrogen-bond donors (Lipinski definition) is 1. The topological polar surface area (TPSA) is 28.7 Å². The standard InChI is InChI=1S/C16H16N2/c1-12-6-8-13(9-7-12)10-11-16-17-14-4-2-3-5-15(14)18-16/h2-9H,10-11H2,1H3,(H,17,18). The lowest BCUT2D eigenvalue weighted by Gasteiger charge is -1.99. The molecule has 0 amide bonds. The lowest BCUT2D eigenvalue weighted by Crippen LogP contribution is -1.93. The van der Waals surface area contributed by atoms with E-state index in [0.29, 0.717) is 0 Å². The zero-order chi connectivity index (χ0) is 12.4. The highest BCUT2D eigenvalue weighted by Gasteiger charge is 2.02. The van der Waals surface area contributed by atoms with E-state index in [1.807, 2.05) is 18.2 Å². The Bertz CT molecular complexity index is 617. The Labute approximate surface area is 107 Å². The molecule has 2 aromatic carbocycles. The van der Waals surface area contributed by atoms with Crippen molar-refractivity contribution in [3.05, 3.63) is 65.5 Å². The van der Waals surface area contributed by atoms with Gasteiger partial charge in [-0.25, -0.2) is 4.98 Å². The van der Waals surface area contributed by atoms with Gasteiger partial charge in [-0.15, -0.1) is 0 Å². The third-order valence-corrected chi connectivity index (χ3v) is 3.21. The summed E-state index contributed by atoms with van der Waals surface area (Å²) in [5.74, 6) is 1.07. The maximum absolute atomic E-state index is 4.59. The summed E-state index contributed by atoms with van der Waals surface area (Å²) in [6.07, 6.45) is 1.98. The molecule has 0 fully saturated rings. The Morgan fingerprint density at radius 3 is 2.50 bits per heavy atom. The van der Waals surface area contributed by atoms with Crippen molar-refractivity contribution in [3.8, 4) is 0 Å². The fraction of sp³-hybridized carbons (Fsp3) is 0.188. The van der Waals surface area contributed by atoms with E-state index in [1.54, 1.807) is 0 Å². The average Bonchev–Trinajstić information content (AvgIpc) is 2.81. The highest BCUT2D eigenvalue weighted by molar-refractivity contribution is 5.74. The van der Waals surface area contributed by atoms with Crippen molar-refractivity contribution in [1.29, 1.82) is 0 Å². The Balaban J connectivity index is 1.74. The largest absolute Gasteiger partial charge is 0.342 e. The van der Waals surface area contributed by atoms with Gasteiger partial charge in [0, 0.05) is 6.42 Å². The summed E-state index contributed by atoms with van der Waals surface area (Å²) < 4.78 is 0. The molecule has 0 aliphatic rings. The van der Waals surface area contributed by atoms with Crippen LogP contribution in [0.25, 0.3) is 11.0 Å². The van der Waals surface area contributed by atoms with Crippen molar-refractivity contribution in [2.24, 2.45) is 0 Å². The van der Waals surface area contributed by atoms with Crippen LogP contribution in [-0.4, -0.2) is 9.97 Å². The predicted molar refractivity (Wildman–Crippen MR) is 74.7 cm³/mol. The SMILES string of the molecule is Cc1ccc(CCc2nc3ccccc3[nH]2)cc1. The molecule has 0 aliphatic heterocycles. The Kier molecular flexibility index (Phi) is 2.85. The quantitative estimate of drug-likeness (QED) is 0.738. The smallest absolute Gasteiger partial charge is 0.107 e. The van der Waals surface area contributed by atoms with Crippen LogP contribution in [0.4, 0.5) is 0 Å². The first-order valence-corrected chi connectivity index (χ1v) is 6.30. The number of nitrogens with one attached hydrogen (secondary N) is 1. The van der Waals surface area contributed by atoms with Crippen LogP contribution in [0.1, 0.15) is 17.0 Å². The van der Waals surface area contributed by atoms with Gasteiger partial charge in [-0.1, -0.05) is 42.0 Å². The highest BCUT2D eigenvalue weighted by atomic mass is 14.9. The van der Waals surface area contributed by atoms with Gasteiger partial charge in [0.15, 0.2) is 0 Å². The van der Waals surface area contributed by atoms with Gasteiger partial charge in [0.1, 0.15) is 5.82 Å². The minimum absolute atomic E-state index is 0.956. The zero-order valence-corrected chi connectivity index (χ0v) is 10.5. The molecule has 0 saturated heterocycles. The molecule has 0 saturated carbocycles. The van der Waals surface area contributed by atoms with Crippen LogP contribution in [-0.2, 0) is 12.8 Å². The molecule has 0 aliphatic carbocycles. The molecular weight excluding hydrogens is 220 g/mol. The average molecular weight is 236 g/mol. The van der Waals surface area contributed by atoms with E-state index in [9.17, 15) is 0 Å². The van der Waals surface area contributed by atoms with Gasteiger partial charge in [0.05, 0.1) is 11.0 Å². The number of H-pyrrole nitrogens is 1. The summed E-state index contributed by atoms with van der Waals surface area (Å²) >= 11 is 0. The van der Waals surface area contributed by atoms with Crippen LogP contribution < -0.4 is 0 Å². The summed E-state index contributed by atoms with van der Waals surface area (Å²) in [5.41, 5.74) is 4.84. The summed E-state index contributed by atoms with van der Waals surface area (Å²) in [5, 5.41) is 0. The van der Waals surface area contributed by atoms with E-state index >= 15 is 0 Å². The molecular formula is C16H16N2. The van der Waals surface area contributed by atoms with E-state index in [4.69, 9.17) is 0 Å². The molecule has 0 radical (unpaired) electrons. The molecule has 90 valence electrons. The first-order valence-electron chi connectivity index (χ1n) is 6.30. The van der Waals surface area contributed by atoms with Crippen LogP contribution >= 0.6 is 0 Å². The third kappa shape index (κ3) is 2.28. The second-order valence-electron chi connectivity index (χ2n) is 4.69. The Morgan fingerprint density at radius 1 is 0.944 bits per heavy atom. The molecule has 18 heavy (non-hydrogen) atoms. The van der Waals surface area contributed by atoms with Gasteiger partial charge in [-0.2, -0.15) is 0 Å². The number of aromatic nitrogens is 2. The van der Waals surface area contributed by atoms with E-state index in [-0.39, 0.29) is 0 Å².